The van der Waals surface area contributed by atoms with Crippen LogP contribution in [0.3, 0.4) is 0 Å². The number of rotatable bonds is 5. The largest absolute Gasteiger partial charge is 0.488 e. The highest BCUT2D eigenvalue weighted by atomic mass is 32.1. The lowest BCUT2D eigenvalue weighted by Gasteiger charge is -2.33. The minimum atomic E-state index is -0.502. The van der Waals surface area contributed by atoms with Crippen LogP contribution < -0.4 is 4.74 Å². The number of piperidine rings is 1. The Hall–Kier alpha value is -3.39. The lowest BCUT2D eigenvalue weighted by atomic mass is 10.1. The number of thiophene rings is 1. The molecule has 0 bridgehead atoms. The van der Waals surface area contributed by atoms with Crippen LogP contribution in [0, 0.1) is 0 Å². The normalized spacial score (nSPS) is 14.9. The summed E-state index contributed by atoms with van der Waals surface area (Å²) in [4.78, 5) is 15.0. The zero-order valence-electron chi connectivity index (χ0n) is 20.2. The van der Waals surface area contributed by atoms with Gasteiger partial charge in [-0.25, -0.2) is 4.79 Å². The molecule has 1 fully saturated rings. The van der Waals surface area contributed by atoms with Crippen molar-refractivity contribution < 1.29 is 18.7 Å². The molecule has 0 spiro atoms. The van der Waals surface area contributed by atoms with Gasteiger partial charge in [0.1, 0.15) is 16.6 Å². The first-order valence-electron chi connectivity index (χ1n) is 11.9. The fourth-order valence-electron chi connectivity index (χ4n) is 4.12. The molecule has 0 saturated carbocycles. The summed E-state index contributed by atoms with van der Waals surface area (Å²) in [5.74, 6) is 1.81. The van der Waals surface area contributed by atoms with Crippen molar-refractivity contribution >= 4 is 27.5 Å². The predicted molar refractivity (Wildman–Crippen MR) is 136 cm³/mol. The molecule has 1 saturated heterocycles. The van der Waals surface area contributed by atoms with E-state index in [0.717, 1.165) is 39.1 Å². The van der Waals surface area contributed by atoms with E-state index in [0.29, 0.717) is 31.3 Å². The molecule has 2 aromatic carbocycles. The molecule has 8 heteroatoms. The van der Waals surface area contributed by atoms with E-state index in [4.69, 9.17) is 13.9 Å². The molecular weight excluding hydrogens is 462 g/mol. The van der Waals surface area contributed by atoms with E-state index in [-0.39, 0.29) is 12.2 Å². The van der Waals surface area contributed by atoms with Crippen LogP contribution in [0.1, 0.15) is 45.1 Å². The zero-order chi connectivity index (χ0) is 24.4. The number of hydrogen-bond donors (Lipinski definition) is 0. The van der Waals surface area contributed by atoms with Crippen LogP contribution in [0.5, 0.6) is 5.75 Å². The third-order valence-electron chi connectivity index (χ3n) is 5.79. The number of aromatic nitrogens is 2. The number of fused-ring (bicyclic) bond motifs is 1. The van der Waals surface area contributed by atoms with Gasteiger partial charge < -0.3 is 18.8 Å². The van der Waals surface area contributed by atoms with E-state index in [2.05, 4.69) is 22.3 Å². The lowest BCUT2D eigenvalue weighted by molar-refractivity contribution is 0.0128. The standard InChI is InChI=1S/C27H29N3O4S/c1-27(2,3)34-26(31)30-15-13-19(14-16-30)32-23-20-11-7-8-12-21(20)35-24(23)25-29-28-22(33-25)17-18-9-5-4-6-10-18/h4-12,19H,13-17H2,1-3H3. The molecule has 0 unspecified atom stereocenters. The van der Waals surface area contributed by atoms with Gasteiger partial charge in [-0.1, -0.05) is 42.5 Å². The van der Waals surface area contributed by atoms with Gasteiger partial charge in [0.05, 0.1) is 6.42 Å². The summed E-state index contributed by atoms with van der Waals surface area (Å²) >= 11 is 1.59. The summed E-state index contributed by atoms with van der Waals surface area (Å²) in [5.41, 5.74) is 0.616. The van der Waals surface area contributed by atoms with Crippen molar-refractivity contribution in [1.29, 1.82) is 0 Å². The molecule has 7 nitrogen and oxygen atoms in total. The Kier molecular flexibility index (Phi) is 6.47. The van der Waals surface area contributed by atoms with Crippen LogP contribution in [-0.2, 0) is 11.2 Å². The molecule has 5 rings (SSSR count). The molecule has 1 aliphatic heterocycles. The molecule has 182 valence electrons. The summed E-state index contributed by atoms with van der Waals surface area (Å²) in [7, 11) is 0. The van der Waals surface area contributed by atoms with Gasteiger partial charge in [0, 0.05) is 36.0 Å². The number of amides is 1. The van der Waals surface area contributed by atoms with Crippen molar-refractivity contribution in [3.63, 3.8) is 0 Å². The number of hydrogen-bond acceptors (Lipinski definition) is 7. The number of carbonyl (C=O) groups excluding carboxylic acids is 1. The third kappa shape index (κ3) is 5.48. The van der Waals surface area contributed by atoms with Gasteiger partial charge in [-0.15, -0.1) is 21.5 Å². The quantitative estimate of drug-likeness (QED) is 0.325. The van der Waals surface area contributed by atoms with Crippen LogP contribution >= 0.6 is 11.3 Å². The Morgan fingerprint density at radius 2 is 1.77 bits per heavy atom. The van der Waals surface area contributed by atoms with Crippen LogP contribution in [0.15, 0.2) is 59.0 Å². The summed E-state index contributed by atoms with van der Waals surface area (Å²) in [6.45, 7) is 6.84. The molecule has 0 atom stereocenters. The van der Waals surface area contributed by atoms with Crippen LogP contribution in [-0.4, -0.2) is 46.0 Å². The molecule has 0 N–H and O–H groups in total. The molecule has 0 aliphatic carbocycles. The minimum absolute atomic E-state index is 0.0165. The first-order valence-corrected chi connectivity index (χ1v) is 12.7. The Balaban J connectivity index is 1.34. The summed E-state index contributed by atoms with van der Waals surface area (Å²) in [6.07, 6.45) is 1.75. The summed E-state index contributed by atoms with van der Waals surface area (Å²) in [5, 5.41) is 9.66. The highest BCUT2D eigenvalue weighted by Gasteiger charge is 2.29. The smallest absolute Gasteiger partial charge is 0.410 e. The van der Waals surface area contributed by atoms with Crippen LogP contribution in [0.2, 0.25) is 0 Å². The van der Waals surface area contributed by atoms with Crippen molar-refractivity contribution in [3.05, 3.63) is 66.1 Å². The average Bonchev–Trinajstić information content (AvgIpc) is 3.44. The van der Waals surface area contributed by atoms with Gasteiger partial charge in [0.25, 0.3) is 5.89 Å². The number of ether oxygens (including phenoxy) is 2. The third-order valence-corrected chi connectivity index (χ3v) is 6.93. The van der Waals surface area contributed by atoms with Gasteiger partial charge in [-0.2, -0.15) is 0 Å². The Morgan fingerprint density at radius 3 is 2.51 bits per heavy atom. The maximum Gasteiger partial charge on any atom is 0.410 e. The lowest BCUT2D eigenvalue weighted by Crippen LogP contribution is -2.44. The molecule has 1 amide bonds. The number of carbonyl (C=O) groups is 1. The van der Waals surface area contributed by atoms with Crippen LogP contribution in [0.4, 0.5) is 4.79 Å². The average molecular weight is 492 g/mol. The second-order valence-corrected chi connectivity index (χ2v) is 10.8. The summed E-state index contributed by atoms with van der Waals surface area (Å²) in [6, 6.07) is 18.2. The highest BCUT2D eigenvalue weighted by Crippen LogP contribution is 2.45. The molecule has 4 aromatic rings. The molecule has 0 radical (unpaired) electrons. The van der Waals surface area contributed by atoms with Crippen molar-refractivity contribution in [2.45, 2.75) is 51.7 Å². The summed E-state index contributed by atoms with van der Waals surface area (Å²) < 4.78 is 19.2. The van der Waals surface area contributed by atoms with E-state index in [9.17, 15) is 4.79 Å². The Morgan fingerprint density at radius 1 is 1.06 bits per heavy atom. The molecular formula is C27H29N3O4S. The van der Waals surface area contributed by atoms with Crippen LogP contribution in [0.25, 0.3) is 20.9 Å². The van der Waals surface area contributed by atoms with Gasteiger partial charge >= 0.3 is 6.09 Å². The van der Waals surface area contributed by atoms with E-state index in [1.165, 1.54) is 0 Å². The fourth-order valence-corrected chi connectivity index (χ4v) is 5.17. The van der Waals surface area contributed by atoms with Crippen molar-refractivity contribution in [1.82, 2.24) is 15.1 Å². The molecule has 3 heterocycles. The first kappa shape index (κ1) is 23.4. The van der Waals surface area contributed by atoms with E-state index in [1.807, 2.05) is 63.2 Å². The molecule has 2 aromatic heterocycles. The Labute approximate surface area is 208 Å². The second kappa shape index (κ2) is 9.70. The number of benzene rings is 2. The molecule has 35 heavy (non-hydrogen) atoms. The zero-order valence-corrected chi connectivity index (χ0v) is 21.0. The number of nitrogens with zero attached hydrogens (tertiary/aromatic N) is 3. The van der Waals surface area contributed by atoms with Crippen molar-refractivity contribution in [2.24, 2.45) is 0 Å². The predicted octanol–water partition coefficient (Wildman–Crippen LogP) is 6.32. The maximum absolute atomic E-state index is 12.4. The van der Waals surface area contributed by atoms with Gasteiger partial charge in [0.2, 0.25) is 5.89 Å². The topological polar surface area (TPSA) is 77.7 Å². The van der Waals surface area contributed by atoms with Gasteiger partial charge in [-0.3, -0.25) is 0 Å². The SMILES string of the molecule is CC(C)(C)OC(=O)N1CCC(Oc2c(-c3nnc(Cc4ccccc4)o3)sc3ccccc23)CC1. The highest BCUT2D eigenvalue weighted by molar-refractivity contribution is 7.22. The fraction of sp³-hybridized carbons (Fsp3) is 0.370. The van der Waals surface area contributed by atoms with E-state index in [1.54, 1.807) is 16.2 Å². The molecule has 1 aliphatic rings. The van der Waals surface area contributed by atoms with Gasteiger partial charge in [0.15, 0.2) is 5.75 Å². The second-order valence-electron chi connectivity index (χ2n) is 9.70. The van der Waals surface area contributed by atoms with Gasteiger partial charge in [-0.05, 0) is 38.5 Å². The van der Waals surface area contributed by atoms with Crippen molar-refractivity contribution in [3.8, 4) is 16.5 Å². The van der Waals surface area contributed by atoms with Crippen molar-refractivity contribution in [2.75, 3.05) is 13.1 Å². The monoisotopic (exact) mass is 491 g/mol. The Bertz CT molecular complexity index is 1300. The van der Waals surface area contributed by atoms with E-state index < -0.39 is 5.60 Å². The maximum atomic E-state index is 12.4. The number of likely N-dealkylation sites (tertiary alicyclic amines) is 1. The first-order chi connectivity index (χ1) is 16.9. The van der Waals surface area contributed by atoms with E-state index >= 15 is 0 Å². The minimum Gasteiger partial charge on any atom is -0.488 e.